The van der Waals surface area contributed by atoms with Crippen molar-refractivity contribution >= 4 is 0 Å². The number of rotatable bonds is 18. The van der Waals surface area contributed by atoms with Crippen LogP contribution in [-0.2, 0) is 50.1 Å². The summed E-state index contributed by atoms with van der Waals surface area (Å²) in [5.74, 6) is 0.348. The monoisotopic (exact) mass is 714 g/mol. The van der Waals surface area contributed by atoms with Crippen molar-refractivity contribution in [2.45, 2.75) is 84.8 Å². The number of aliphatic hydroxyl groups is 3. The molecule has 3 N–H and O–H groups in total. The fourth-order valence-corrected chi connectivity index (χ4v) is 6.20. The second-order valence-electron chi connectivity index (χ2n) is 13.8. The average molecular weight is 715 g/mol. The van der Waals surface area contributed by atoms with Crippen LogP contribution in [0.1, 0.15) is 49.9 Å². The number of ether oxygens (including phenoxy) is 5. The third-order valence-corrected chi connectivity index (χ3v) is 10.1. The second kappa shape index (κ2) is 22.6. The summed E-state index contributed by atoms with van der Waals surface area (Å²) in [6.07, 6.45) is -2.34. The largest absolute Gasteiger partial charge is 0.394 e. The SMILES string of the molecule is C[C@@H]([C@H](C)[C@H](CO)OCc1ccccc1)[C@H](O)COCc1ccccc1.C[C@H]1[C@H](C)[C@@H](OCc2ccccc2)C(O)O[C@@H]1COCc1ccccc1. The van der Waals surface area contributed by atoms with Gasteiger partial charge in [-0.15, -0.1) is 0 Å². The minimum Gasteiger partial charge on any atom is -0.394 e. The standard InChI is InChI=1S/C22H28O4.C22H30O4/c1-16-17(2)21(25-14-19-11-7-4-8-12-19)22(23)26-20(16)15-24-13-18-9-5-3-6-10-18;1-17(21(24)16-25-14-19-9-5-3-6-10-19)18(2)22(13-23)26-15-20-11-7-4-8-12-20/h3-12,16-17,20-23H,13-15H2,1-2H3;3-12,17-18,21-24H,13-16H2,1-2H3/t16-,17-,20+,21+,22?;17-,18-,21+,22-/m00/s1. The molecule has 0 bridgehead atoms. The molecule has 8 nitrogen and oxygen atoms in total. The topological polar surface area (TPSA) is 107 Å². The first-order chi connectivity index (χ1) is 25.3. The summed E-state index contributed by atoms with van der Waals surface area (Å²) >= 11 is 0. The van der Waals surface area contributed by atoms with Crippen molar-refractivity contribution in [1.29, 1.82) is 0 Å². The smallest absolute Gasteiger partial charge is 0.181 e. The van der Waals surface area contributed by atoms with E-state index in [9.17, 15) is 15.3 Å². The van der Waals surface area contributed by atoms with Crippen LogP contribution >= 0.6 is 0 Å². The van der Waals surface area contributed by atoms with Gasteiger partial charge in [-0.05, 0) is 45.9 Å². The van der Waals surface area contributed by atoms with Gasteiger partial charge in [-0.3, -0.25) is 0 Å². The maximum absolute atomic E-state index is 10.4. The molecule has 282 valence electrons. The lowest BCUT2D eigenvalue weighted by Crippen LogP contribution is -2.51. The predicted molar refractivity (Wildman–Crippen MR) is 203 cm³/mol. The van der Waals surface area contributed by atoms with Gasteiger partial charge in [0.25, 0.3) is 0 Å². The average Bonchev–Trinajstić information content (AvgIpc) is 3.18. The van der Waals surface area contributed by atoms with Crippen LogP contribution in [0.25, 0.3) is 0 Å². The first-order valence-corrected chi connectivity index (χ1v) is 18.4. The Bertz CT molecular complexity index is 1470. The third-order valence-electron chi connectivity index (χ3n) is 10.1. The van der Waals surface area contributed by atoms with Crippen molar-refractivity contribution < 1.29 is 39.0 Å². The molecule has 1 heterocycles. The highest BCUT2D eigenvalue weighted by Crippen LogP contribution is 2.32. The Morgan fingerprint density at radius 2 is 1.08 bits per heavy atom. The van der Waals surface area contributed by atoms with E-state index < -0.39 is 12.4 Å². The van der Waals surface area contributed by atoms with Crippen LogP contribution in [0.3, 0.4) is 0 Å². The van der Waals surface area contributed by atoms with E-state index in [2.05, 4.69) is 13.8 Å². The van der Waals surface area contributed by atoms with Crippen molar-refractivity contribution in [2.75, 3.05) is 19.8 Å². The zero-order chi connectivity index (χ0) is 37.1. The van der Waals surface area contributed by atoms with Crippen LogP contribution in [0.2, 0.25) is 0 Å². The predicted octanol–water partition coefficient (Wildman–Crippen LogP) is 7.19. The van der Waals surface area contributed by atoms with Gasteiger partial charge in [-0.25, -0.2) is 0 Å². The van der Waals surface area contributed by atoms with E-state index in [1.54, 1.807) is 0 Å². The Morgan fingerprint density at radius 1 is 0.615 bits per heavy atom. The van der Waals surface area contributed by atoms with Gasteiger partial charge in [0.1, 0.15) is 6.10 Å². The summed E-state index contributed by atoms with van der Waals surface area (Å²) in [7, 11) is 0. The van der Waals surface area contributed by atoms with Gasteiger partial charge in [0.2, 0.25) is 0 Å². The van der Waals surface area contributed by atoms with Gasteiger partial charge >= 0.3 is 0 Å². The van der Waals surface area contributed by atoms with E-state index in [-0.39, 0.29) is 55.2 Å². The van der Waals surface area contributed by atoms with Crippen LogP contribution in [0, 0.1) is 23.7 Å². The van der Waals surface area contributed by atoms with E-state index in [0.717, 1.165) is 22.3 Å². The van der Waals surface area contributed by atoms with Gasteiger partial charge in [-0.2, -0.15) is 0 Å². The molecular formula is C44H58O8. The summed E-state index contributed by atoms with van der Waals surface area (Å²) in [4.78, 5) is 0. The first-order valence-electron chi connectivity index (χ1n) is 18.4. The van der Waals surface area contributed by atoms with Gasteiger partial charge in [0, 0.05) is 0 Å². The molecule has 1 fully saturated rings. The number of aliphatic hydroxyl groups excluding tert-OH is 3. The highest BCUT2D eigenvalue weighted by molar-refractivity contribution is 5.15. The zero-order valence-corrected chi connectivity index (χ0v) is 31.1. The molecule has 4 aromatic carbocycles. The van der Waals surface area contributed by atoms with Crippen molar-refractivity contribution in [3.8, 4) is 0 Å². The molecule has 0 spiro atoms. The van der Waals surface area contributed by atoms with Crippen molar-refractivity contribution in [3.63, 3.8) is 0 Å². The number of benzene rings is 4. The molecule has 4 aromatic rings. The molecule has 5 rings (SSSR count). The maximum atomic E-state index is 10.4. The lowest BCUT2D eigenvalue weighted by atomic mass is 9.83. The Kier molecular flexibility index (Phi) is 17.9. The number of hydrogen-bond acceptors (Lipinski definition) is 8. The van der Waals surface area contributed by atoms with Crippen LogP contribution in [0.4, 0.5) is 0 Å². The van der Waals surface area contributed by atoms with Crippen LogP contribution in [-0.4, -0.2) is 65.8 Å². The molecule has 0 radical (unpaired) electrons. The van der Waals surface area contributed by atoms with Crippen LogP contribution in [0.15, 0.2) is 121 Å². The molecule has 0 aliphatic carbocycles. The molecule has 0 aromatic heterocycles. The molecular weight excluding hydrogens is 656 g/mol. The molecule has 1 unspecified atom stereocenters. The lowest BCUT2D eigenvalue weighted by Gasteiger charge is -2.42. The summed E-state index contributed by atoms with van der Waals surface area (Å²) in [5, 5.41) is 30.5. The highest BCUT2D eigenvalue weighted by atomic mass is 16.6. The highest BCUT2D eigenvalue weighted by Gasteiger charge is 2.41. The Morgan fingerprint density at radius 3 is 1.58 bits per heavy atom. The van der Waals surface area contributed by atoms with Crippen LogP contribution in [0.5, 0.6) is 0 Å². The van der Waals surface area contributed by atoms with E-state index in [1.807, 2.05) is 135 Å². The summed E-state index contributed by atoms with van der Waals surface area (Å²) < 4.78 is 29.1. The van der Waals surface area contributed by atoms with E-state index in [1.165, 1.54) is 0 Å². The first kappa shape index (κ1) is 41.3. The fourth-order valence-electron chi connectivity index (χ4n) is 6.20. The zero-order valence-electron chi connectivity index (χ0n) is 31.1. The quantitative estimate of drug-likeness (QED) is 0.0995. The fraction of sp³-hybridized carbons (Fsp3) is 0.455. The van der Waals surface area contributed by atoms with Crippen molar-refractivity contribution in [1.82, 2.24) is 0 Å². The molecule has 0 amide bonds. The lowest BCUT2D eigenvalue weighted by molar-refractivity contribution is -0.272. The van der Waals surface area contributed by atoms with Gasteiger partial charge < -0.3 is 39.0 Å². The van der Waals surface area contributed by atoms with Gasteiger partial charge in [0.15, 0.2) is 6.29 Å². The molecule has 1 aliphatic heterocycles. The Labute approximate surface area is 310 Å². The summed E-state index contributed by atoms with van der Waals surface area (Å²) in [6, 6.07) is 39.8. The molecule has 1 aliphatic rings. The third kappa shape index (κ3) is 13.5. The normalized spacial score (nSPS) is 22.4. The minimum absolute atomic E-state index is 0.000891. The summed E-state index contributed by atoms with van der Waals surface area (Å²) in [6.45, 7) is 10.8. The van der Waals surface area contributed by atoms with Gasteiger partial charge in [0.05, 0.1) is 64.6 Å². The molecule has 8 heteroatoms. The summed E-state index contributed by atoms with van der Waals surface area (Å²) in [5.41, 5.74) is 4.37. The second-order valence-corrected chi connectivity index (χ2v) is 13.8. The molecule has 1 saturated heterocycles. The van der Waals surface area contributed by atoms with Crippen LogP contribution < -0.4 is 0 Å². The number of hydrogen-bond donors (Lipinski definition) is 3. The molecule has 0 saturated carbocycles. The van der Waals surface area contributed by atoms with E-state index >= 15 is 0 Å². The van der Waals surface area contributed by atoms with Crippen molar-refractivity contribution in [2.24, 2.45) is 23.7 Å². The van der Waals surface area contributed by atoms with E-state index in [4.69, 9.17) is 23.7 Å². The van der Waals surface area contributed by atoms with E-state index in [0.29, 0.717) is 33.0 Å². The minimum atomic E-state index is -0.935. The Hall–Kier alpha value is -3.44. The molecule has 9 atom stereocenters. The van der Waals surface area contributed by atoms with Gasteiger partial charge in [-0.1, -0.05) is 149 Å². The Balaban J connectivity index is 0.000000233. The van der Waals surface area contributed by atoms with Crippen molar-refractivity contribution in [3.05, 3.63) is 144 Å². The maximum Gasteiger partial charge on any atom is 0.181 e. The molecule has 52 heavy (non-hydrogen) atoms.